The number of hydrogen-bond acceptors (Lipinski definition) is 8. The standard InChI is InChI=1S/C68H42N8/c1-3-13-41(14-4-1)59-39-61(45-19-9-17-43(35-45)49-23-11-25-57-65(49)71-33-31-69-57)75-67(73-59)47-27-29-53-55(37-47)63-51-21-7-8-22-52(51)64(53)56-38-48(28-30-54(56)63)68-74-60(42-15-5-2-6-16-42)40-62(76-68)46-20-10-18-44(36-46)50-24-12-26-58-66(50)72-34-32-70-58/h1-40,63-64H. The maximum absolute atomic E-state index is 5.37. The van der Waals surface area contributed by atoms with Crippen molar-refractivity contribution in [3.05, 3.63) is 277 Å². The second kappa shape index (κ2) is 17.8. The summed E-state index contributed by atoms with van der Waals surface area (Å²) in [5, 5.41) is 0. The van der Waals surface area contributed by atoms with E-state index in [1.54, 1.807) is 24.8 Å². The van der Waals surface area contributed by atoms with Gasteiger partial charge in [-0.05, 0) is 93.0 Å². The van der Waals surface area contributed by atoms with Crippen LogP contribution in [0.25, 0.3) is 112 Å². The molecule has 0 fully saturated rings. The lowest BCUT2D eigenvalue weighted by Gasteiger charge is -2.42. The molecular weight excluding hydrogens is 929 g/mol. The van der Waals surface area contributed by atoms with E-state index in [-0.39, 0.29) is 11.8 Å². The monoisotopic (exact) mass is 970 g/mol. The quantitative estimate of drug-likeness (QED) is 0.148. The van der Waals surface area contributed by atoms with Crippen LogP contribution in [-0.4, -0.2) is 39.9 Å². The summed E-state index contributed by atoms with van der Waals surface area (Å²) in [6.45, 7) is 0. The number of hydrogen-bond donors (Lipinski definition) is 0. The Morgan fingerprint density at radius 2 is 0.605 bits per heavy atom. The molecule has 4 heterocycles. The first-order valence-corrected chi connectivity index (χ1v) is 25.5. The molecule has 3 aliphatic carbocycles. The SMILES string of the molecule is c1ccc(-c2cc(-c3cccc(-c4cccc5nccnc45)c3)nc(-c3ccc4c(c3)C3c5ccccc5C4c4cc(-c5nc(-c6ccccc6)cc(-c6cccc(-c7cccc8nccnc78)c6)n5)ccc43)n2)cc1. The first-order valence-electron chi connectivity index (χ1n) is 25.5. The number of fused-ring (bicyclic) bond motifs is 2. The van der Waals surface area contributed by atoms with Crippen molar-refractivity contribution in [3.63, 3.8) is 0 Å². The number of aromatic nitrogens is 8. The molecule has 0 spiro atoms. The molecule has 0 saturated carbocycles. The molecule has 76 heavy (non-hydrogen) atoms. The van der Waals surface area contributed by atoms with Gasteiger partial charge >= 0.3 is 0 Å². The fourth-order valence-corrected chi connectivity index (χ4v) is 11.6. The molecule has 0 N–H and O–H groups in total. The Morgan fingerprint density at radius 1 is 0.237 bits per heavy atom. The van der Waals surface area contributed by atoms with Gasteiger partial charge in [0, 0.05) is 81.1 Å². The Kier molecular flexibility index (Phi) is 10.2. The van der Waals surface area contributed by atoms with E-state index in [1.165, 1.54) is 33.4 Å². The Hall–Kier alpha value is -10.2. The second-order valence-electron chi connectivity index (χ2n) is 19.5. The van der Waals surface area contributed by atoms with Crippen LogP contribution in [0.3, 0.4) is 0 Å². The molecule has 3 aliphatic rings. The summed E-state index contributed by atoms with van der Waals surface area (Å²) < 4.78 is 0. The number of nitrogens with zero attached hydrogens (tertiary/aromatic N) is 8. The molecule has 8 heteroatoms. The highest BCUT2D eigenvalue weighted by atomic mass is 14.9. The summed E-state index contributed by atoms with van der Waals surface area (Å²) in [4.78, 5) is 39.9. The molecule has 0 radical (unpaired) electrons. The van der Waals surface area contributed by atoms with Gasteiger partial charge in [-0.1, -0.05) is 170 Å². The Morgan fingerprint density at radius 3 is 1.07 bits per heavy atom. The maximum Gasteiger partial charge on any atom is 0.160 e. The topological polar surface area (TPSA) is 103 Å². The van der Waals surface area contributed by atoms with Gasteiger partial charge in [-0.25, -0.2) is 19.9 Å². The minimum absolute atomic E-state index is 0.00563. The Labute approximate surface area is 438 Å². The summed E-state index contributed by atoms with van der Waals surface area (Å²) in [6.07, 6.45) is 6.97. The molecule has 4 aromatic heterocycles. The van der Waals surface area contributed by atoms with Crippen LogP contribution in [0.4, 0.5) is 0 Å². The van der Waals surface area contributed by atoms with Crippen LogP contribution in [0.5, 0.6) is 0 Å². The van der Waals surface area contributed by atoms with Crippen LogP contribution in [0.2, 0.25) is 0 Å². The third kappa shape index (κ3) is 7.37. The molecule has 0 amide bonds. The Bertz CT molecular complexity index is 4150. The summed E-state index contributed by atoms with van der Waals surface area (Å²) >= 11 is 0. The van der Waals surface area contributed by atoms with E-state index in [0.717, 1.165) is 100 Å². The summed E-state index contributed by atoms with van der Waals surface area (Å²) in [5.74, 6) is 1.36. The van der Waals surface area contributed by atoms with Gasteiger partial charge < -0.3 is 0 Å². The van der Waals surface area contributed by atoms with Gasteiger partial charge in [-0.3, -0.25) is 19.9 Å². The fourth-order valence-electron chi connectivity index (χ4n) is 11.6. The summed E-state index contributed by atoms with van der Waals surface area (Å²) in [5.41, 5.74) is 24.7. The fraction of sp³-hybridized carbons (Fsp3) is 0.0294. The molecule has 8 nitrogen and oxygen atoms in total. The van der Waals surface area contributed by atoms with E-state index in [0.29, 0.717) is 11.6 Å². The second-order valence-corrected chi connectivity index (χ2v) is 19.5. The minimum Gasteiger partial charge on any atom is -0.253 e. The van der Waals surface area contributed by atoms with Gasteiger partial charge in [0.15, 0.2) is 11.6 Å². The van der Waals surface area contributed by atoms with E-state index in [4.69, 9.17) is 29.9 Å². The predicted molar refractivity (Wildman–Crippen MR) is 302 cm³/mol. The zero-order chi connectivity index (χ0) is 50.1. The molecule has 0 aliphatic heterocycles. The average molecular weight is 971 g/mol. The van der Waals surface area contributed by atoms with Crippen LogP contribution in [0.15, 0.2) is 243 Å². The zero-order valence-electron chi connectivity index (χ0n) is 40.8. The summed E-state index contributed by atoms with van der Waals surface area (Å²) in [7, 11) is 0. The lowest BCUT2D eigenvalue weighted by atomic mass is 9.61. The van der Waals surface area contributed by atoms with E-state index in [9.17, 15) is 0 Å². The van der Waals surface area contributed by atoms with Crippen molar-refractivity contribution in [2.24, 2.45) is 0 Å². The van der Waals surface area contributed by atoms with E-state index in [1.807, 2.05) is 36.4 Å². The first-order chi connectivity index (χ1) is 37.6. The average Bonchev–Trinajstić information content (AvgIpc) is 3.56. The molecule has 9 aromatic carbocycles. The third-order valence-corrected chi connectivity index (χ3v) is 15.1. The molecule has 2 bridgehead atoms. The van der Waals surface area contributed by atoms with Crippen LogP contribution in [-0.2, 0) is 0 Å². The van der Waals surface area contributed by atoms with Crippen molar-refractivity contribution in [1.82, 2.24) is 39.9 Å². The van der Waals surface area contributed by atoms with Gasteiger partial charge in [0.2, 0.25) is 0 Å². The molecule has 2 unspecified atom stereocenters. The van der Waals surface area contributed by atoms with Crippen molar-refractivity contribution in [3.8, 4) is 90.1 Å². The van der Waals surface area contributed by atoms with E-state index < -0.39 is 0 Å². The van der Waals surface area contributed by atoms with Crippen LogP contribution in [0, 0.1) is 0 Å². The van der Waals surface area contributed by atoms with Gasteiger partial charge in [-0.15, -0.1) is 0 Å². The van der Waals surface area contributed by atoms with Crippen molar-refractivity contribution in [2.45, 2.75) is 11.8 Å². The van der Waals surface area contributed by atoms with Gasteiger partial charge in [0.1, 0.15) is 0 Å². The first kappa shape index (κ1) is 43.4. The smallest absolute Gasteiger partial charge is 0.160 e. The number of benzene rings is 9. The molecular formula is C68H42N8. The van der Waals surface area contributed by atoms with Gasteiger partial charge in [0.25, 0.3) is 0 Å². The third-order valence-electron chi connectivity index (χ3n) is 15.1. The highest BCUT2D eigenvalue weighted by molar-refractivity contribution is 5.93. The lowest BCUT2D eigenvalue weighted by molar-refractivity contribution is 0.754. The number of rotatable bonds is 8. The Balaban J connectivity index is 0.835. The molecule has 13 aromatic rings. The normalized spacial score (nSPS) is 14.1. The minimum atomic E-state index is 0.00563. The maximum atomic E-state index is 5.37. The van der Waals surface area contributed by atoms with Crippen molar-refractivity contribution in [2.75, 3.05) is 0 Å². The zero-order valence-corrected chi connectivity index (χ0v) is 40.8. The van der Waals surface area contributed by atoms with Gasteiger partial charge in [0.05, 0.1) is 44.8 Å². The van der Waals surface area contributed by atoms with Crippen LogP contribution in [0.1, 0.15) is 45.2 Å². The molecule has 354 valence electrons. The molecule has 16 rings (SSSR count). The van der Waals surface area contributed by atoms with E-state index in [2.05, 4.69) is 192 Å². The highest BCUT2D eigenvalue weighted by Gasteiger charge is 2.41. The van der Waals surface area contributed by atoms with Crippen molar-refractivity contribution < 1.29 is 0 Å². The van der Waals surface area contributed by atoms with Crippen molar-refractivity contribution in [1.29, 1.82) is 0 Å². The predicted octanol–water partition coefficient (Wildman–Crippen LogP) is 15.5. The van der Waals surface area contributed by atoms with Crippen molar-refractivity contribution >= 4 is 22.1 Å². The molecule has 0 saturated heterocycles. The van der Waals surface area contributed by atoms with Crippen LogP contribution < -0.4 is 0 Å². The number of para-hydroxylation sites is 2. The van der Waals surface area contributed by atoms with Gasteiger partial charge in [-0.2, -0.15) is 0 Å². The molecule has 2 atom stereocenters. The highest BCUT2D eigenvalue weighted by Crippen LogP contribution is 2.57. The largest absolute Gasteiger partial charge is 0.253 e. The van der Waals surface area contributed by atoms with Crippen LogP contribution >= 0.6 is 0 Å². The lowest BCUT2D eigenvalue weighted by Crippen LogP contribution is -2.27. The summed E-state index contributed by atoms with van der Waals surface area (Å²) in [6, 6.07) is 77.0. The van der Waals surface area contributed by atoms with E-state index >= 15 is 0 Å².